The minimum absolute atomic E-state index is 0. The van der Waals surface area contributed by atoms with Gasteiger partial charge in [-0.15, -0.1) is 12.4 Å². The Morgan fingerprint density at radius 1 is 1.00 bits per heavy atom. The molecular weight excluding hydrogens is 366 g/mol. The minimum atomic E-state index is -0.238. The third kappa shape index (κ3) is 6.92. The fourth-order valence-corrected chi connectivity index (χ4v) is 2.90. The molecule has 3 N–H and O–H groups in total. The van der Waals surface area contributed by atoms with Crippen LogP contribution in [-0.2, 0) is 9.59 Å². The highest BCUT2D eigenvalue weighted by Gasteiger charge is 2.17. The van der Waals surface area contributed by atoms with Crippen LogP contribution < -0.4 is 20.7 Å². The van der Waals surface area contributed by atoms with E-state index >= 15 is 0 Å². The Hall–Kier alpha value is -2.57. The van der Waals surface area contributed by atoms with Gasteiger partial charge in [0.25, 0.3) is 5.91 Å². The predicted molar refractivity (Wildman–Crippen MR) is 109 cm³/mol. The molecule has 6 nitrogen and oxygen atoms in total. The van der Waals surface area contributed by atoms with Crippen LogP contribution >= 0.6 is 12.4 Å². The van der Waals surface area contributed by atoms with Gasteiger partial charge in [0.2, 0.25) is 5.91 Å². The highest BCUT2D eigenvalue weighted by Crippen LogP contribution is 2.18. The summed E-state index contributed by atoms with van der Waals surface area (Å²) in [6.45, 7) is 0.880. The number of nitrogens with one attached hydrogen (secondary N) is 3. The molecule has 1 saturated heterocycles. The number of halogens is 1. The second kappa shape index (κ2) is 10.5. The summed E-state index contributed by atoms with van der Waals surface area (Å²) in [5.74, 6) is 0.270. The summed E-state index contributed by atoms with van der Waals surface area (Å²) in [6, 6.07) is 16.5. The zero-order valence-corrected chi connectivity index (χ0v) is 15.8. The molecule has 1 aliphatic rings. The van der Waals surface area contributed by atoms with E-state index < -0.39 is 0 Å². The number of anilines is 2. The lowest BCUT2D eigenvalue weighted by molar-refractivity contribution is -0.118. The molecule has 0 saturated carbocycles. The lowest BCUT2D eigenvalue weighted by Crippen LogP contribution is -2.27. The van der Waals surface area contributed by atoms with E-state index in [2.05, 4.69) is 16.0 Å². The molecule has 144 valence electrons. The standard InChI is InChI=1S/C20H23N3O3.ClH/c24-19(13-16-9-5-11-21-16)23-17-8-4-10-18(12-17)26-14-20(25)22-15-6-2-1-3-7-15;/h1-4,6-8,10,12,16,21H,5,9,11,13-14H2,(H,22,25)(H,23,24);1H. The van der Waals surface area contributed by atoms with E-state index in [0.717, 1.165) is 25.1 Å². The first-order chi connectivity index (χ1) is 12.7. The molecule has 1 atom stereocenters. The van der Waals surface area contributed by atoms with Crippen LogP contribution in [0.25, 0.3) is 0 Å². The summed E-state index contributed by atoms with van der Waals surface area (Å²) in [6.07, 6.45) is 2.62. The predicted octanol–water partition coefficient (Wildman–Crippen LogP) is 3.21. The maximum Gasteiger partial charge on any atom is 0.262 e. The van der Waals surface area contributed by atoms with Gasteiger partial charge in [0.1, 0.15) is 5.75 Å². The minimum Gasteiger partial charge on any atom is -0.484 e. The number of ether oxygens (including phenoxy) is 1. The number of carbonyl (C=O) groups excluding carboxylic acids is 2. The largest absolute Gasteiger partial charge is 0.484 e. The van der Waals surface area contributed by atoms with Gasteiger partial charge in [0, 0.05) is 29.9 Å². The highest BCUT2D eigenvalue weighted by atomic mass is 35.5. The molecule has 3 rings (SSSR count). The summed E-state index contributed by atoms with van der Waals surface area (Å²) in [5, 5.41) is 8.94. The quantitative estimate of drug-likeness (QED) is 0.679. The van der Waals surface area contributed by atoms with Gasteiger partial charge in [-0.05, 0) is 43.7 Å². The number of hydrogen-bond donors (Lipinski definition) is 3. The highest BCUT2D eigenvalue weighted by molar-refractivity contribution is 5.92. The van der Waals surface area contributed by atoms with Crippen LogP contribution in [0, 0.1) is 0 Å². The van der Waals surface area contributed by atoms with Crippen molar-refractivity contribution in [1.29, 1.82) is 0 Å². The van der Waals surface area contributed by atoms with Gasteiger partial charge >= 0.3 is 0 Å². The molecule has 0 radical (unpaired) electrons. The fraction of sp³-hybridized carbons (Fsp3) is 0.300. The Morgan fingerprint density at radius 3 is 2.48 bits per heavy atom. The summed E-state index contributed by atoms with van der Waals surface area (Å²) < 4.78 is 5.52. The van der Waals surface area contributed by atoms with E-state index in [1.165, 1.54) is 0 Å². The lowest BCUT2D eigenvalue weighted by atomic mass is 10.1. The van der Waals surface area contributed by atoms with E-state index in [9.17, 15) is 9.59 Å². The van der Waals surface area contributed by atoms with Gasteiger partial charge in [0.15, 0.2) is 6.61 Å². The second-order valence-electron chi connectivity index (χ2n) is 6.28. The molecule has 1 heterocycles. The first-order valence-electron chi connectivity index (χ1n) is 8.80. The molecule has 0 spiro atoms. The maximum atomic E-state index is 12.1. The van der Waals surface area contributed by atoms with Crippen molar-refractivity contribution in [2.45, 2.75) is 25.3 Å². The van der Waals surface area contributed by atoms with Crippen molar-refractivity contribution in [2.75, 3.05) is 23.8 Å². The Bertz CT molecular complexity index is 749. The van der Waals surface area contributed by atoms with Gasteiger partial charge in [-0.25, -0.2) is 0 Å². The van der Waals surface area contributed by atoms with Gasteiger partial charge in [-0.2, -0.15) is 0 Å². The number of amides is 2. The summed E-state index contributed by atoms with van der Waals surface area (Å²) >= 11 is 0. The number of carbonyl (C=O) groups is 2. The van der Waals surface area contributed by atoms with Crippen molar-refractivity contribution in [3.05, 3.63) is 54.6 Å². The molecule has 27 heavy (non-hydrogen) atoms. The third-order valence-corrected chi connectivity index (χ3v) is 4.14. The average molecular weight is 390 g/mol. The molecule has 0 bridgehead atoms. The van der Waals surface area contributed by atoms with Crippen molar-refractivity contribution in [3.8, 4) is 5.75 Å². The molecule has 1 fully saturated rings. The van der Waals surface area contributed by atoms with E-state index in [4.69, 9.17) is 4.74 Å². The van der Waals surface area contributed by atoms with Gasteiger partial charge in [-0.1, -0.05) is 24.3 Å². The van der Waals surface area contributed by atoms with Crippen LogP contribution in [0.15, 0.2) is 54.6 Å². The first-order valence-corrected chi connectivity index (χ1v) is 8.80. The van der Waals surface area contributed by atoms with E-state index in [1.54, 1.807) is 24.3 Å². The Labute approximate surface area is 165 Å². The molecule has 0 aliphatic carbocycles. The van der Waals surface area contributed by atoms with Crippen LogP contribution in [0.1, 0.15) is 19.3 Å². The fourth-order valence-electron chi connectivity index (χ4n) is 2.90. The van der Waals surface area contributed by atoms with Crippen molar-refractivity contribution < 1.29 is 14.3 Å². The molecular formula is C20H24ClN3O3. The van der Waals surface area contributed by atoms with E-state index in [0.29, 0.717) is 17.9 Å². The van der Waals surface area contributed by atoms with Crippen LogP contribution in [-0.4, -0.2) is 31.0 Å². The van der Waals surface area contributed by atoms with Gasteiger partial charge in [0.05, 0.1) is 0 Å². The Morgan fingerprint density at radius 2 is 1.74 bits per heavy atom. The Balaban J connectivity index is 0.00000261. The van der Waals surface area contributed by atoms with Crippen LogP contribution in [0.2, 0.25) is 0 Å². The van der Waals surface area contributed by atoms with Crippen molar-refractivity contribution in [2.24, 2.45) is 0 Å². The van der Waals surface area contributed by atoms with Crippen molar-refractivity contribution in [1.82, 2.24) is 5.32 Å². The summed E-state index contributed by atoms with van der Waals surface area (Å²) in [4.78, 5) is 24.0. The topological polar surface area (TPSA) is 79.5 Å². The number of rotatable bonds is 7. The number of para-hydroxylation sites is 1. The van der Waals surface area contributed by atoms with Gasteiger partial charge in [-0.3, -0.25) is 9.59 Å². The number of hydrogen-bond acceptors (Lipinski definition) is 4. The second-order valence-corrected chi connectivity index (χ2v) is 6.28. The monoisotopic (exact) mass is 389 g/mol. The lowest BCUT2D eigenvalue weighted by Gasteiger charge is -2.12. The molecule has 2 aromatic rings. The maximum absolute atomic E-state index is 12.1. The third-order valence-electron chi connectivity index (χ3n) is 4.14. The van der Waals surface area contributed by atoms with Crippen LogP contribution in [0.3, 0.4) is 0 Å². The average Bonchev–Trinajstić information content (AvgIpc) is 3.14. The molecule has 1 unspecified atom stereocenters. The van der Waals surface area contributed by atoms with Crippen LogP contribution in [0.4, 0.5) is 11.4 Å². The normalized spacial score (nSPS) is 15.5. The molecule has 2 amide bonds. The molecule has 7 heteroatoms. The van der Waals surface area contributed by atoms with Crippen LogP contribution in [0.5, 0.6) is 5.75 Å². The SMILES string of the molecule is Cl.O=C(COc1cccc(NC(=O)CC2CCCN2)c1)Nc1ccccc1. The first kappa shape index (κ1) is 20.7. The van der Waals surface area contributed by atoms with E-state index in [1.807, 2.05) is 30.3 Å². The van der Waals surface area contributed by atoms with Gasteiger partial charge < -0.3 is 20.7 Å². The molecule has 0 aromatic heterocycles. The molecule has 1 aliphatic heterocycles. The summed E-state index contributed by atoms with van der Waals surface area (Å²) in [5.41, 5.74) is 1.39. The van der Waals surface area contributed by atoms with Crippen molar-refractivity contribution in [3.63, 3.8) is 0 Å². The molecule has 2 aromatic carbocycles. The zero-order valence-electron chi connectivity index (χ0n) is 14.9. The van der Waals surface area contributed by atoms with E-state index in [-0.39, 0.29) is 36.9 Å². The summed E-state index contributed by atoms with van der Waals surface area (Å²) in [7, 11) is 0. The smallest absolute Gasteiger partial charge is 0.262 e. The van der Waals surface area contributed by atoms with Crippen molar-refractivity contribution >= 4 is 35.6 Å². The zero-order chi connectivity index (χ0) is 18.2. The number of benzene rings is 2. The Kier molecular flexibility index (Phi) is 8.10.